The highest BCUT2D eigenvalue weighted by Gasteiger charge is 2.16. The molecule has 0 rings (SSSR count). The van der Waals surface area contributed by atoms with Crippen molar-refractivity contribution in [3.63, 3.8) is 0 Å². The van der Waals surface area contributed by atoms with Crippen LogP contribution in [-0.4, -0.2) is 22.8 Å². The number of rotatable bonds is 3. The molecule has 0 saturated carbocycles. The van der Waals surface area contributed by atoms with Crippen molar-refractivity contribution < 1.29 is 14.5 Å². The monoisotopic (exact) mass is 215 g/mol. The van der Waals surface area contributed by atoms with Gasteiger partial charge in [0.1, 0.15) is 5.60 Å². The van der Waals surface area contributed by atoms with Crippen molar-refractivity contribution >= 4 is 12.3 Å². The summed E-state index contributed by atoms with van der Waals surface area (Å²) in [6.45, 7) is 5.00. The van der Waals surface area contributed by atoms with E-state index in [9.17, 15) is 14.9 Å². The third-order valence-corrected chi connectivity index (χ3v) is 1.10. The molecule has 84 valence electrons. The quantitative estimate of drug-likeness (QED) is 0.420. The van der Waals surface area contributed by atoms with E-state index in [4.69, 9.17) is 10.1 Å². The van der Waals surface area contributed by atoms with E-state index in [0.717, 1.165) is 6.20 Å². The zero-order chi connectivity index (χ0) is 12.1. The Morgan fingerprint density at radius 1 is 1.53 bits per heavy atom. The first-order valence-corrected chi connectivity index (χ1v) is 4.11. The fourth-order valence-electron chi connectivity index (χ4n) is 0.587. The lowest BCUT2D eigenvalue weighted by molar-refractivity contribution is -0.414. The number of alkyl carbamates (subject to hydrolysis) is 1. The van der Waals surface area contributed by atoms with Gasteiger partial charge in [0.2, 0.25) is 0 Å². The lowest BCUT2D eigenvalue weighted by atomic mass is 10.2. The lowest BCUT2D eigenvalue weighted by Gasteiger charge is -2.18. The van der Waals surface area contributed by atoms with Crippen LogP contribution in [0.3, 0.4) is 0 Å². The van der Waals surface area contributed by atoms with Crippen LogP contribution in [0.4, 0.5) is 4.79 Å². The molecule has 7 nitrogen and oxygen atoms in total. The average Bonchev–Trinajstić information content (AvgIpc) is 2.01. The maximum Gasteiger partial charge on any atom is 0.411 e. The zero-order valence-electron chi connectivity index (χ0n) is 8.73. The van der Waals surface area contributed by atoms with Crippen molar-refractivity contribution in [1.29, 1.82) is 5.41 Å². The Balaban J connectivity index is 4.32. The van der Waals surface area contributed by atoms with Crippen LogP contribution in [0.1, 0.15) is 20.8 Å². The third-order valence-electron chi connectivity index (χ3n) is 1.10. The van der Waals surface area contributed by atoms with E-state index in [1.54, 1.807) is 20.8 Å². The summed E-state index contributed by atoms with van der Waals surface area (Å²) in [4.78, 5) is 20.5. The molecule has 15 heavy (non-hydrogen) atoms. The predicted molar refractivity (Wildman–Crippen MR) is 53.2 cm³/mol. The molecule has 0 fully saturated rings. The van der Waals surface area contributed by atoms with Gasteiger partial charge in [0, 0.05) is 0 Å². The maximum absolute atomic E-state index is 11.0. The standard InChI is InChI=1S/C8H13N3O4/c1-8(2,3)15-7(12)10-5-6(4-9)11(13)14/h4-5,9H,1-3H3,(H,10,12)/b6-5+,9-4?. The van der Waals surface area contributed by atoms with E-state index >= 15 is 0 Å². The highest BCUT2D eigenvalue weighted by Crippen LogP contribution is 2.06. The van der Waals surface area contributed by atoms with Crippen molar-refractivity contribution in [1.82, 2.24) is 5.32 Å². The molecule has 0 aliphatic rings. The number of hydrogen-bond donors (Lipinski definition) is 2. The number of carbonyl (C=O) groups excluding carboxylic acids is 1. The van der Waals surface area contributed by atoms with Crippen molar-refractivity contribution in [3.8, 4) is 0 Å². The van der Waals surface area contributed by atoms with Gasteiger partial charge in [-0.2, -0.15) is 0 Å². The number of hydrogen-bond acceptors (Lipinski definition) is 5. The number of nitrogens with one attached hydrogen (secondary N) is 2. The number of nitro groups is 1. The van der Waals surface area contributed by atoms with Crippen molar-refractivity contribution in [3.05, 3.63) is 22.0 Å². The van der Waals surface area contributed by atoms with Crippen LogP contribution in [0, 0.1) is 15.5 Å². The van der Waals surface area contributed by atoms with Gasteiger partial charge in [-0.3, -0.25) is 15.4 Å². The molecular weight excluding hydrogens is 202 g/mol. The van der Waals surface area contributed by atoms with Crippen LogP contribution in [0.5, 0.6) is 0 Å². The van der Waals surface area contributed by atoms with Crippen LogP contribution in [0.25, 0.3) is 0 Å². The molecule has 0 aliphatic heterocycles. The summed E-state index contributed by atoms with van der Waals surface area (Å²) in [5, 5.41) is 19.0. The van der Waals surface area contributed by atoms with Gasteiger partial charge in [0.15, 0.2) is 0 Å². The normalized spacial score (nSPS) is 11.8. The molecule has 0 aromatic heterocycles. The first kappa shape index (κ1) is 13.1. The zero-order valence-corrected chi connectivity index (χ0v) is 8.73. The number of allylic oxidation sites excluding steroid dienone is 1. The molecule has 0 aromatic rings. The van der Waals surface area contributed by atoms with Crippen LogP contribution in [0.2, 0.25) is 0 Å². The van der Waals surface area contributed by atoms with Gasteiger partial charge in [0.05, 0.1) is 17.3 Å². The summed E-state index contributed by atoms with van der Waals surface area (Å²) in [6, 6.07) is 0. The van der Waals surface area contributed by atoms with Crippen molar-refractivity contribution in [2.24, 2.45) is 0 Å². The summed E-state index contributed by atoms with van der Waals surface area (Å²) in [5.41, 5.74) is -1.20. The minimum absolute atomic E-state index is 0.525. The molecule has 0 aromatic carbocycles. The Morgan fingerprint density at radius 2 is 2.07 bits per heavy atom. The van der Waals surface area contributed by atoms with Crippen LogP contribution in [-0.2, 0) is 4.74 Å². The highest BCUT2D eigenvalue weighted by atomic mass is 16.6. The lowest BCUT2D eigenvalue weighted by Crippen LogP contribution is -2.30. The molecule has 0 heterocycles. The Hall–Kier alpha value is -1.92. The maximum atomic E-state index is 11.0. The average molecular weight is 215 g/mol. The van der Waals surface area contributed by atoms with E-state index in [1.807, 2.05) is 0 Å². The van der Waals surface area contributed by atoms with Gasteiger partial charge in [0.25, 0.3) is 0 Å². The van der Waals surface area contributed by atoms with E-state index in [2.05, 4.69) is 5.32 Å². The number of ether oxygens (including phenoxy) is 1. The summed E-state index contributed by atoms with van der Waals surface area (Å²) in [5.74, 6) is 0. The number of amides is 1. The number of carbonyl (C=O) groups is 1. The SMILES string of the molecule is CC(C)(C)OC(=O)N/C=C(\C=N)[N+](=O)[O-]. The van der Waals surface area contributed by atoms with E-state index in [1.165, 1.54) is 0 Å². The predicted octanol–water partition coefficient (Wildman–Crippen LogP) is 1.28. The Kier molecular flexibility index (Phi) is 4.43. The molecule has 0 saturated heterocycles. The molecule has 7 heteroatoms. The molecular formula is C8H13N3O4. The van der Waals surface area contributed by atoms with Crippen LogP contribution < -0.4 is 5.32 Å². The summed E-state index contributed by atoms with van der Waals surface area (Å²) >= 11 is 0. The van der Waals surface area contributed by atoms with Gasteiger partial charge in [-0.05, 0) is 20.8 Å². The van der Waals surface area contributed by atoms with E-state index in [-0.39, 0.29) is 0 Å². The second kappa shape index (κ2) is 5.08. The smallest absolute Gasteiger partial charge is 0.411 e. The van der Waals surface area contributed by atoms with Crippen LogP contribution in [0.15, 0.2) is 11.9 Å². The first-order valence-electron chi connectivity index (χ1n) is 4.11. The second-order valence-corrected chi connectivity index (χ2v) is 3.62. The minimum Gasteiger partial charge on any atom is -0.444 e. The topological polar surface area (TPSA) is 105 Å². The van der Waals surface area contributed by atoms with Gasteiger partial charge in [-0.15, -0.1) is 0 Å². The van der Waals surface area contributed by atoms with Gasteiger partial charge >= 0.3 is 11.8 Å². The van der Waals surface area contributed by atoms with Crippen LogP contribution >= 0.6 is 0 Å². The largest absolute Gasteiger partial charge is 0.444 e. The molecule has 2 N–H and O–H groups in total. The first-order chi connectivity index (χ1) is 6.76. The molecule has 0 bridgehead atoms. The summed E-state index contributed by atoms with van der Waals surface area (Å²) in [7, 11) is 0. The summed E-state index contributed by atoms with van der Waals surface area (Å²) < 4.78 is 4.82. The van der Waals surface area contributed by atoms with Gasteiger partial charge < -0.3 is 10.1 Å². The molecule has 1 amide bonds. The number of nitrogens with zero attached hydrogens (tertiary/aromatic N) is 1. The third kappa shape index (κ3) is 6.19. The van der Waals surface area contributed by atoms with E-state index < -0.39 is 22.3 Å². The minimum atomic E-state index is -0.802. The van der Waals surface area contributed by atoms with Crippen molar-refractivity contribution in [2.75, 3.05) is 0 Å². The van der Waals surface area contributed by atoms with E-state index in [0.29, 0.717) is 6.21 Å². The molecule has 0 spiro atoms. The summed E-state index contributed by atoms with van der Waals surface area (Å²) in [6.07, 6.45) is 0.530. The Morgan fingerprint density at radius 3 is 2.40 bits per heavy atom. The molecule has 0 radical (unpaired) electrons. The highest BCUT2D eigenvalue weighted by molar-refractivity contribution is 5.75. The van der Waals surface area contributed by atoms with Gasteiger partial charge in [-0.25, -0.2) is 4.79 Å². The molecule has 0 atom stereocenters. The fraction of sp³-hybridized carbons (Fsp3) is 0.500. The Labute approximate surface area is 86.8 Å². The van der Waals surface area contributed by atoms with Crippen molar-refractivity contribution in [2.45, 2.75) is 26.4 Å². The van der Waals surface area contributed by atoms with Gasteiger partial charge in [-0.1, -0.05) is 0 Å². The molecule has 0 unspecified atom stereocenters. The molecule has 0 aliphatic carbocycles. The second-order valence-electron chi connectivity index (χ2n) is 3.62. The Bertz CT molecular complexity index is 303. The fourth-order valence-corrected chi connectivity index (χ4v) is 0.587.